The Morgan fingerprint density at radius 2 is 1.65 bits per heavy atom. The van der Waals surface area contributed by atoms with Gasteiger partial charge in [0.15, 0.2) is 17.0 Å². The molecule has 0 aliphatic heterocycles. The lowest BCUT2D eigenvalue weighted by Crippen LogP contribution is -2.66. The van der Waals surface area contributed by atoms with E-state index in [0.29, 0.717) is 22.2 Å². The molecule has 3 aromatic rings. The number of halogens is 7. The van der Waals surface area contributed by atoms with Crippen LogP contribution in [-0.4, -0.2) is 37.8 Å². The summed E-state index contributed by atoms with van der Waals surface area (Å²) in [7, 11) is 0. The second-order valence-corrected chi connectivity index (χ2v) is 8.28. The van der Waals surface area contributed by atoms with Crippen LogP contribution >= 0.6 is 0 Å². The summed E-state index contributed by atoms with van der Waals surface area (Å²) in [6.45, 7) is -0.220. The number of benzene rings is 1. The van der Waals surface area contributed by atoms with Crippen LogP contribution in [0.2, 0.25) is 0 Å². The molecule has 1 fully saturated rings. The van der Waals surface area contributed by atoms with Crippen LogP contribution < -0.4 is 11.1 Å². The van der Waals surface area contributed by atoms with Crippen LogP contribution in [0.5, 0.6) is 0 Å². The van der Waals surface area contributed by atoms with E-state index in [9.17, 15) is 40.6 Å². The van der Waals surface area contributed by atoms with E-state index >= 15 is 0 Å². The van der Waals surface area contributed by atoms with E-state index in [0.717, 1.165) is 12.1 Å². The number of alkyl halides is 6. The maximum Gasteiger partial charge on any atom is 0.435 e. The number of nitrogens with one attached hydrogen (secondary N) is 1. The summed E-state index contributed by atoms with van der Waals surface area (Å²) in [6.07, 6.45) is -10.2. The summed E-state index contributed by atoms with van der Waals surface area (Å²) in [4.78, 5) is 14.7. The van der Waals surface area contributed by atoms with E-state index in [1.165, 1.54) is 12.1 Å². The molecule has 1 aliphatic carbocycles. The van der Waals surface area contributed by atoms with Gasteiger partial charge in [0.05, 0.1) is 0 Å². The van der Waals surface area contributed by atoms with Gasteiger partial charge in [-0.2, -0.15) is 36.0 Å². The molecule has 2 aromatic heterocycles. The standard InChI is InChI=1S/C20H16F7N5O2/c21-11-3-1-10(2-4-11)17(7-18(28,8-17)16(33)34)9-29-14-5-12(19(22,23)24)30-15-6-13(20(25,26)27)31-32(14)15/h1-6,29H,7-9,28H2,(H,33,34). The second kappa shape index (κ2) is 7.55. The molecule has 1 saturated carbocycles. The molecule has 4 rings (SSSR count). The number of nitrogens with zero attached hydrogens (tertiary/aromatic N) is 3. The topological polar surface area (TPSA) is 106 Å². The van der Waals surface area contributed by atoms with E-state index in [4.69, 9.17) is 5.73 Å². The van der Waals surface area contributed by atoms with E-state index < -0.39 is 57.9 Å². The zero-order valence-corrected chi connectivity index (χ0v) is 17.0. The first kappa shape index (κ1) is 23.7. The molecule has 34 heavy (non-hydrogen) atoms. The third-order valence-corrected chi connectivity index (χ3v) is 5.81. The molecule has 0 unspecified atom stereocenters. The van der Waals surface area contributed by atoms with Crippen LogP contribution in [-0.2, 0) is 22.6 Å². The van der Waals surface area contributed by atoms with Crippen LogP contribution in [0, 0.1) is 5.82 Å². The van der Waals surface area contributed by atoms with Crippen molar-refractivity contribution in [1.29, 1.82) is 0 Å². The summed E-state index contributed by atoms with van der Waals surface area (Å²) in [6, 6.07) is 5.92. The first-order chi connectivity index (χ1) is 15.6. The van der Waals surface area contributed by atoms with Gasteiger partial charge in [0.2, 0.25) is 0 Å². The highest BCUT2D eigenvalue weighted by Crippen LogP contribution is 2.49. The van der Waals surface area contributed by atoms with Gasteiger partial charge in [-0.25, -0.2) is 9.37 Å². The number of aliphatic carboxylic acids is 1. The summed E-state index contributed by atoms with van der Waals surface area (Å²) in [5.41, 5.74) is 0.0904. The molecular weight excluding hydrogens is 475 g/mol. The van der Waals surface area contributed by atoms with E-state index in [1.54, 1.807) is 0 Å². The van der Waals surface area contributed by atoms with Gasteiger partial charge in [0.1, 0.15) is 17.2 Å². The molecule has 2 heterocycles. The molecule has 1 aromatic carbocycles. The number of hydrogen-bond acceptors (Lipinski definition) is 5. The van der Waals surface area contributed by atoms with Crippen LogP contribution in [0.3, 0.4) is 0 Å². The predicted octanol–water partition coefficient (Wildman–Crippen LogP) is 3.83. The SMILES string of the molecule is NC1(C(=O)O)CC(CNc2cc(C(F)(F)F)nc3cc(C(F)(F)F)nn23)(c2ccc(F)cc2)C1. The quantitative estimate of drug-likeness (QED) is 0.469. The Balaban J connectivity index is 1.74. The van der Waals surface area contributed by atoms with E-state index in [1.807, 2.05) is 0 Å². The summed E-state index contributed by atoms with van der Waals surface area (Å²) in [5.74, 6) is -2.30. The minimum atomic E-state index is -4.96. The van der Waals surface area contributed by atoms with E-state index in [2.05, 4.69) is 15.4 Å². The fourth-order valence-electron chi connectivity index (χ4n) is 4.19. The van der Waals surface area contributed by atoms with Crippen LogP contribution in [0.1, 0.15) is 29.8 Å². The van der Waals surface area contributed by atoms with Crippen molar-refractivity contribution in [2.75, 3.05) is 11.9 Å². The molecule has 0 saturated heterocycles. The highest BCUT2D eigenvalue weighted by molar-refractivity contribution is 5.81. The molecule has 182 valence electrons. The molecule has 1 aliphatic rings. The fraction of sp³-hybridized carbons (Fsp3) is 0.350. The number of aromatic nitrogens is 3. The van der Waals surface area contributed by atoms with Gasteiger partial charge in [0, 0.05) is 24.1 Å². The minimum absolute atomic E-state index is 0.152. The lowest BCUT2D eigenvalue weighted by molar-refractivity contribution is -0.149. The predicted molar refractivity (Wildman–Crippen MR) is 103 cm³/mol. The number of hydrogen-bond donors (Lipinski definition) is 3. The molecule has 0 spiro atoms. The van der Waals surface area contributed by atoms with Crippen molar-refractivity contribution in [2.45, 2.75) is 36.1 Å². The Morgan fingerprint density at radius 3 is 2.18 bits per heavy atom. The summed E-state index contributed by atoms with van der Waals surface area (Å²) < 4.78 is 93.3. The van der Waals surface area contributed by atoms with Crippen LogP contribution in [0.4, 0.5) is 36.6 Å². The van der Waals surface area contributed by atoms with Crippen molar-refractivity contribution >= 4 is 17.4 Å². The Kier molecular flexibility index (Phi) is 5.27. The van der Waals surface area contributed by atoms with Gasteiger partial charge in [-0.1, -0.05) is 12.1 Å². The zero-order valence-electron chi connectivity index (χ0n) is 17.0. The largest absolute Gasteiger partial charge is 0.480 e. The van der Waals surface area contributed by atoms with Gasteiger partial charge in [-0.15, -0.1) is 0 Å². The maximum atomic E-state index is 13.4. The number of carboxylic acids is 1. The molecule has 14 heteroatoms. The molecule has 0 bridgehead atoms. The van der Waals surface area contributed by atoms with Gasteiger partial charge in [-0.05, 0) is 30.5 Å². The Hall–Kier alpha value is -3.42. The van der Waals surface area contributed by atoms with Crippen molar-refractivity contribution < 1.29 is 40.6 Å². The molecule has 0 atom stereocenters. The van der Waals surface area contributed by atoms with Crippen molar-refractivity contribution in [3.05, 3.63) is 59.2 Å². The van der Waals surface area contributed by atoms with Crippen LogP contribution in [0.25, 0.3) is 5.65 Å². The maximum absolute atomic E-state index is 13.4. The minimum Gasteiger partial charge on any atom is -0.480 e. The van der Waals surface area contributed by atoms with E-state index in [-0.39, 0.29) is 19.4 Å². The Morgan fingerprint density at radius 1 is 1.06 bits per heavy atom. The fourth-order valence-corrected chi connectivity index (χ4v) is 4.19. The Bertz CT molecular complexity index is 1250. The van der Waals surface area contributed by atoms with Gasteiger partial charge >= 0.3 is 18.3 Å². The number of rotatable bonds is 5. The first-order valence-electron chi connectivity index (χ1n) is 9.70. The first-order valence-corrected chi connectivity index (χ1v) is 9.70. The average molecular weight is 491 g/mol. The molecule has 4 N–H and O–H groups in total. The number of anilines is 1. The van der Waals surface area contributed by atoms with Gasteiger partial charge < -0.3 is 16.2 Å². The number of carbonyl (C=O) groups is 1. The number of fused-ring (bicyclic) bond motifs is 1. The molecule has 7 nitrogen and oxygen atoms in total. The summed E-state index contributed by atoms with van der Waals surface area (Å²) >= 11 is 0. The number of nitrogens with two attached hydrogens (primary N) is 1. The average Bonchev–Trinajstić information content (AvgIpc) is 3.15. The molecule has 0 radical (unpaired) electrons. The normalized spacial score (nSPS) is 23.1. The molecule has 0 amide bonds. The number of carboxylic acid groups (broad SMARTS) is 1. The van der Waals surface area contributed by atoms with Gasteiger partial charge in [0.25, 0.3) is 0 Å². The smallest absolute Gasteiger partial charge is 0.435 e. The molecular formula is C20H16F7N5O2. The van der Waals surface area contributed by atoms with Crippen molar-refractivity contribution in [3.63, 3.8) is 0 Å². The van der Waals surface area contributed by atoms with Crippen molar-refractivity contribution in [3.8, 4) is 0 Å². The van der Waals surface area contributed by atoms with Crippen molar-refractivity contribution in [1.82, 2.24) is 14.6 Å². The lowest BCUT2D eigenvalue weighted by atomic mass is 9.54. The summed E-state index contributed by atoms with van der Waals surface area (Å²) in [5, 5.41) is 15.4. The highest BCUT2D eigenvalue weighted by Gasteiger charge is 2.57. The lowest BCUT2D eigenvalue weighted by Gasteiger charge is -2.52. The second-order valence-electron chi connectivity index (χ2n) is 8.28. The van der Waals surface area contributed by atoms with Gasteiger partial charge in [-0.3, -0.25) is 4.79 Å². The van der Waals surface area contributed by atoms with Crippen molar-refractivity contribution in [2.24, 2.45) is 5.73 Å². The Labute approximate surface area is 186 Å². The third kappa shape index (κ3) is 4.13. The third-order valence-electron chi connectivity index (χ3n) is 5.81. The highest BCUT2D eigenvalue weighted by atomic mass is 19.4. The van der Waals surface area contributed by atoms with Crippen LogP contribution in [0.15, 0.2) is 36.4 Å². The zero-order chi connectivity index (χ0) is 25.1. The monoisotopic (exact) mass is 491 g/mol.